The number of carbonyl (C=O) groups is 1. The molecular formula is C15H19F3N6O4S. The van der Waals surface area contributed by atoms with E-state index in [0.29, 0.717) is 25.5 Å². The molecular weight excluding hydrogens is 417 g/mol. The van der Waals surface area contributed by atoms with Gasteiger partial charge in [-0.1, -0.05) is 0 Å². The lowest BCUT2D eigenvalue weighted by Gasteiger charge is -2.33. The molecule has 160 valence electrons. The molecule has 1 aliphatic heterocycles. The zero-order valence-corrected chi connectivity index (χ0v) is 16.3. The van der Waals surface area contributed by atoms with Crippen molar-refractivity contribution in [3.63, 3.8) is 0 Å². The third kappa shape index (κ3) is 6.12. The molecule has 0 saturated heterocycles. The maximum atomic E-state index is 12.1. The molecule has 0 saturated carbocycles. The van der Waals surface area contributed by atoms with E-state index in [1.807, 2.05) is 11.6 Å². The van der Waals surface area contributed by atoms with Gasteiger partial charge in [-0.15, -0.1) is 0 Å². The molecule has 3 heterocycles. The Bertz CT molecular complexity index is 949. The number of aromatic nitrogens is 4. The summed E-state index contributed by atoms with van der Waals surface area (Å²) in [5, 5.41) is 10.2. The Kier molecular flexibility index (Phi) is 6.79. The molecule has 1 atom stereocenters. The topological polar surface area (TPSA) is 130 Å². The zero-order chi connectivity index (χ0) is 21.8. The molecule has 2 aromatic heterocycles. The minimum absolute atomic E-state index is 0.193. The predicted molar refractivity (Wildman–Crippen MR) is 95.3 cm³/mol. The number of sulfonamides is 1. The quantitative estimate of drug-likeness (QED) is 0.714. The van der Waals surface area contributed by atoms with Crippen LogP contribution in [-0.4, -0.2) is 68.3 Å². The van der Waals surface area contributed by atoms with Crippen molar-refractivity contribution in [2.24, 2.45) is 7.05 Å². The van der Waals surface area contributed by atoms with E-state index in [0.717, 1.165) is 11.4 Å². The summed E-state index contributed by atoms with van der Waals surface area (Å²) < 4.78 is 59.3. The molecule has 0 amide bonds. The highest BCUT2D eigenvalue weighted by Gasteiger charge is 2.38. The van der Waals surface area contributed by atoms with Gasteiger partial charge >= 0.3 is 12.1 Å². The summed E-state index contributed by atoms with van der Waals surface area (Å²) in [7, 11) is -1.39. The molecule has 0 bridgehead atoms. The van der Waals surface area contributed by atoms with Crippen LogP contribution in [0.15, 0.2) is 24.8 Å². The number of rotatable bonds is 4. The second-order valence-corrected chi connectivity index (χ2v) is 8.11. The molecule has 0 aromatic carbocycles. The van der Waals surface area contributed by atoms with Gasteiger partial charge < -0.3 is 15.0 Å². The van der Waals surface area contributed by atoms with Crippen molar-refractivity contribution in [1.29, 1.82) is 0 Å². The number of hydrogen-bond acceptors (Lipinski definition) is 7. The van der Waals surface area contributed by atoms with Gasteiger partial charge in [-0.05, 0) is 6.07 Å². The lowest BCUT2D eigenvalue weighted by atomic mass is 10.1. The fourth-order valence-electron chi connectivity index (χ4n) is 2.66. The van der Waals surface area contributed by atoms with Crippen LogP contribution in [0, 0.1) is 0 Å². The first-order valence-corrected chi connectivity index (χ1v) is 10.0. The third-order valence-corrected chi connectivity index (χ3v) is 5.30. The van der Waals surface area contributed by atoms with E-state index in [-0.39, 0.29) is 6.04 Å². The number of imidazole rings is 1. The molecule has 0 spiro atoms. The lowest BCUT2D eigenvalue weighted by molar-refractivity contribution is -0.192. The number of aryl methyl sites for hydroxylation is 1. The Morgan fingerprint density at radius 3 is 2.41 bits per heavy atom. The molecule has 2 aromatic rings. The van der Waals surface area contributed by atoms with Crippen LogP contribution in [0.4, 0.5) is 19.1 Å². The second-order valence-electron chi connectivity index (χ2n) is 6.17. The smallest absolute Gasteiger partial charge is 0.475 e. The first-order chi connectivity index (χ1) is 13.4. The van der Waals surface area contributed by atoms with Crippen LogP contribution >= 0.6 is 0 Å². The van der Waals surface area contributed by atoms with E-state index in [1.54, 1.807) is 24.8 Å². The van der Waals surface area contributed by atoms with E-state index in [2.05, 4.69) is 20.3 Å². The summed E-state index contributed by atoms with van der Waals surface area (Å²) in [6, 6.07) is 1.54. The van der Waals surface area contributed by atoms with E-state index >= 15 is 0 Å². The standard InChI is InChI=1S/C13H18N6O2S.C2HF3O2/c1-18-9-17-11-8-19(22(2,20)21)10(6-12(11)18)7-16-13-14-4-3-5-15-13;3-2(4,5)1(6)7/h3-5,9-10H,6-8H2,1-2H3,(H,14,15,16);(H,6,7). The summed E-state index contributed by atoms with van der Waals surface area (Å²) in [6.45, 7) is 0.749. The molecule has 0 fully saturated rings. The number of alkyl halides is 3. The molecule has 1 unspecified atom stereocenters. The Morgan fingerprint density at radius 1 is 1.31 bits per heavy atom. The average Bonchev–Trinajstić information content (AvgIpc) is 2.99. The van der Waals surface area contributed by atoms with E-state index < -0.39 is 22.2 Å². The highest BCUT2D eigenvalue weighted by atomic mass is 32.2. The maximum Gasteiger partial charge on any atom is 0.490 e. The minimum Gasteiger partial charge on any atom is -0.475 e. The molecule has 0 radical (unpaired) electrons. The normalized spacial score (nSPS) is 17.1. The number of nitrogens with one attached hydrogen (secondary N) is 1. The Balaban J connectivity index is 0.000000370. The number of aliphatic carboxylic acids is 1. The molecule has 29 heavy (non-hydrogen) atoms. The Hall–Kier alpha value is -2.74. The van der Waals surface area contributed by atoms with Crippen LogP contribution in [0.1, 0.15) is 11.4 Å². The van der Waals surface area contributed by atoms with Crippen LogP contribution in [0.3, 0.4) is 0 Å². The maximum absolute atomic E-state index is 12.1. The molecule has 1 aliphatic rings. The van der Waals surface area contributed by atoms with Crippen molar-refractivity contribution >= 4 is 21.9 Å². The van der Waals surface area contributed by atoms with E-state index in [4.69, 9.17) is 9.90 Å². The molecule has 0 aliphatic carbocycles. The molecule has 10 nitrogen and oxygen atoms in total. The number of hydrogen-bond donors (Lipinski definition) is 2. The highest BCUT2D eigenvalue weighted by Crippen LogP contribution is 2.24. The predicted octanol–water partition coefficient (Wildman–Crippen LogP) is 0.642. The fourth-order valence-corrected chi connectivity index (χ4v) is 3.71. The average molecular weight is 436 g/mol. The SMILES string of the molecule is Cn1cnc2c1CC(CNc1ncccn1)N(S(C)(=O)=O)C2.O=C(O)C(F)(F)F. The minimum atomic E-state index is -5.08. The van der Waals surface area contributed by atoms with Crippen molar-refractivity contribution in [2.75, 3.05) is 18.1 Å². The van der Waals surface area contributed by atoms with Gasteiger partial charge in [-0.2, -0.15) is 17.5 Å². The van der Waals surface area contributed by atoms with E-state index in [9.17, 15) is 21.6 Å². The first kappa shape index (κ1) is 22.5. The number of carboxylic acid groups (broad SMARTS) is 1. The monoisotopic (exact) mass is 436 g/mol. The van der Waals surface area contributed by atoms with Gasteiger partial charge in [0.15, 0.2) is 0 Å². The van der Waals surface area contributed by atoms with Gasteiger partial charge in [0.25, 0.3) is 0 Å². The van der Waals surface area contributed by atoms with Gasteiger partial charge in [0.1, 0.15) is 0 Å². The summed E-state index contributed by atoms with van der Waals surface area (Å²) in [4.78, 5) is 21.4. The summed E-state index contributed by atoms with van der Waals surface area (Å²) in [5.74, 6) is -2.26. The lowest BCUT2D eigenvalue weighted by Crippen LogP contribution is -2.47. The van der Waals surface area contributed by atoms with Crippen molar-refractivity contribution in [2.45, 2.75) is 25.2 Å². The van der Waals surface area contributed by atoms with Gasteiger partial charge in [0.05, 0.1) is 24.8 Å². The van der Waals surface area contributed by atoms with Gasteiger partial charge in [0, 0.05) is 44.1 Å². The van der Waals surface area contributed by atoms with Crippen molar-refractivity contribution < 1.29 is 31.5 Å². The van der Waals surface area contributed by atoms with Crippen molar-refractivity contribution in [1.82, 2.24) is 23.8 Å². The highest BCUT2D eigenvalue weighted by molar-refractivity contribution is 7.88. The molecule has 3 rings (SSSR count). The summed E-state index contributed by atoms with van der Waals surface area (Å²) in [5.41, 5.74) is 1.89. The first-order valence-electron chi connectivity index (χ1n) is 8.16. The van der Waals surface area contributed by atoms with E-state index in [1.165, 1.54) is 10.6 Å². The largest absolute Gasteiger partial charge is 0.490 e. The van der Waals surface area contributed by atoms with Gasteiger partial charge in [0.2, 0.25) is 16.0 Å². The molecule has 2 N–H and O–H groups in total. The van der Waals surface area contributed by atoms with Crippen molar-refractivity contribution in [3.05, 3.63) is 36.2 Å². The number of anilines is 1. The van der Waals surface area contributed by atoms with Gasteiger partial charge in [-0.3, -0.25) is 0 Å². The van der Waals surface area contributed by atoms with Crippen molar-refractivity contribution in [3.8, 4) is 0 Å². The van der Waals surface area contributed by atoms with Crippen LogP contribution in [0.2, 0.25) is 0 Å². The summed E-state index contributed by atoms with van der Waals surface area (Å²) in [6.07, 6.45) is 1.76. The van der Waals surface area contributed by atoms with Crippen LogP contribution < -0.4 is 5.32 Å². The molecule has 14 heteroatoms. The summed E-state index contributed by atoms with van der Waals surface area (Å²) >= 11 is 0. The zero-order valence-electron chi connectivity index (χ0n) is 15.5. The second kappa shape index (κ2) is 8.73. The fraction of sp³-hybridized carbons (Fsp3) is 0.467. The number of carboxylic acids is 1. The number of fused-ring (bicyclic) bond motifs is 1. The number of halogens is 3. The van der Waals surface area contributed by atoms with Gasteiger partial charge in [-0.25, -0.2) is 28.2 Å². The van der Waals surface area contributed by atoms with Crippen LogP contribution in [0.25, 0.3) is 0 Å². The Labute approximate surface area is 164 Å². The van der Waals surface area contributed by atoms with Crippen LogP contribution in [0.5, 0.6) is 0 Å². The van der Waals surface area contributed by atoms with Crippen LogP contribution in [-0.2, 0) is 34.8 Å². The third-order valence-electron chi connectivity index (χ3n) is 4.02. The number of nitrogens with zero attached hydrogens (tertiary/aromatic N) is 5. The Morgan fingerprint density at radius 2 is 1.90 bits per heavy atom.